The highest BCUT2D eigenvalue weighted by molar-refractivity contribution is 6.29. The van der Waals surface area contributed by atoms with Crippen LogP contribution in [0.25, 0.3) is 121 Å². The summed E-state index contributed by atoms with van der Waals surface area (Å²) >= 11 is 0. The third kappa shape index (κ3) is 3.94. The number of hydrogen-bond acceptors (Lipinski definition) is 3. The molecular weight excluding hydrogens is 649 g/mol. The van der Waals surface area contributed by atoms with E-state index in [0.29, 0.717) is 0 Å². The van der Waals surface area contributed by atoms with Crippen molar-refractivity contribution in [2.75, 3.05) is 0 Å². The lowest BCUT2D eigenvalue weighted by molar-refractivity contribution is 0.665. The summed E-state index contributed by atoms with van der Waals surface area (Å²) in [5.74, 6) is 0. The molecule has 246 valence electrons. The minimum atomic E-state index is 0.850. The smallest absolute Gasteiger partial charge is 0.144 e. The second kappa shape index (κ2) is 10.7. The predicted octanol–water partition coefficient (Wildman–Crippen LogP) is 14.7. The Kier molecular flexibility index (Phi) is 5.77. The fourth-order valence-corrected chi connectivity index (χ4v) is 8.90. The van der Waals surface area contributed by atoms with Gasteiger partial charge in [0, 0.05) is 43.4 Å². The molecule has 0 aliphatic heterocycles. The quantitative estimate of drug-likeness (QED) is 0.175. The van der Waals surface area contributed by atoms with Crippen LogP contribution in [0.4, 0.5) is 0 Å². The maximum atomic E-state index is 6.87. The van der Waals surface area contributed by atoms with Crippen molar-refractivity contribution in [3.05, 3.63) is 170 Å². The summed E-state index contributed by atoms with van der Waals surface area (Å²) in [6, 6.07) is 60.0. The zero-order chi connectivity index (χ0) is 34.6. The van der Waals surface area contributed by atoms with Crippen molar-refractivity contribution in [1.29, 1.82) is 0 Å². The molecule has 0 fully saturated rings. The monoisotopic (exact) mass is 676 g/mol. The molecule has 53 heavy (non-hydrogen) atoms. The third-order valence-corrected chi connectivity index (χ3v) is 11.1. The third-order valence-electron chi connectivity index (χ3n) is 11.1. The van der Waals surface area contributed by atoms with Crippen molar-refractivity contribution in [2.24, 2.45) is 0 Å². The summed E-state index contributed by atoms with van der Waals surface area (Å²) in [6.07, 6.45) is 0. The molecule has 0 unspecified atom stereocenters. The Balaban J connectivity index is 1.21. The molecule has 12 rings (SSSR count). The van der Waals surface area contributed by atoms with Crippen molar-refractivity contribution in [2.45, 2.75) is 0 Å². The molecule has 0 aliphatic carbocycles. The SMILES string of the molecule is c1ccc2c(c1)oc1c(-c3ccc(-c4c5ccccc5c(-c5cccc6oc7ccccc7c56)c5ccccc45)c4c3oc3ccccc34)cccc12. The molecule has 0 bridgehead atoms. The van der Waals surface area contributed by atoms with E-state index in [-0.39, 0.29) is 0 Å². The maximum Gasteiger partial charge on any atom is 0.144 e. The summed E-state index contributed by atoms with van der Waals surface area (Å²) in [7, 11) is 0. The topological polar surface area (TPSA) is 39.4 Å². The van der Waals surface area contributed by atoms with Gasteiger partial charge in [0.15, 0.2) is 0 Å². The Morgan fingerprint density at radius 1 is 0.226 bits per heavy atom. The van der Waals surface area contributed by atoms with Gasteiger partial charge in [-0.3, -0.25) is 0 Å². The summed E-state index contributed by atoms with van der Waals surface area (Å²) in [6.45, 7) is 0. The van der Waals surface area contributed by atoms with Crippen LogP contribution in [0.3, 0.4) is 0 Å². The van der Waals surface area contributed by atoms with Crippen LogP contribution in [-0.2, 0) is 0 Å². The molecule has 3 heterocycles. The van der Waals surface area contributed by atoms with Gasteiger partial charge in [0.1, 0.15) is 33.5 Å². The van der Waals surface area contributed by atoms with Crippen LogP contribution in [-0.4, -0.2) is 0 Å². The summed E-state index contributed by atoms with van der Waals surface area (Å²) in [5.41, 5.74) is 12.0. The van der Waals surface area contributed by atoms with Gasteiger partial charge in [-0.25, -0.2) is 0 Å². The van der Waals surface area contributed by atoms with Gasteiger partial charge < -0.3 is 13.3 Å². The molecule has 0 N–H and O–H groups in total. The van der Waals surface area contributed by atoms with Crippen LogP contribution >= 0.6 is 0 Å². The molecule has 3 nitrogen and oxygen atoms in total. The zero-order valence-electron chi connectivity index (χ0n) is 28.4. The Labute approximate surface area is 302 Å². The summed E-state index contributed by atoms with van der Waals surface area (Å²) in [5, 5.41) is 11.4. The van der Waals surface area contributed by atoms with Gasteiger partial charge >= 0.3 is 0 Å². The van der Waals surface area contributed by atoms with Crippen molar-refractivity contribution < 1.29 is 13.3 Å². The molecule has 0 amide bonds. The van der Waals surface area contributed by atoms with E-state index in [9.17, 15) is 0 Å². The van der Waals surface area contributed by atoms with Crippen molar-refractivity contribution in [3.8, 4) is 33.4 Å². The first kappa shape index (κ1) is 28.6. The lowest BCUT2D eigenvalue weighted by Crippen LogP contribution is -1.92. The summed E-state index contributed by atoms with van der Waals surface area (Å²) < 4.78 is 19.8. The standard InChI is InChI=1S/C50H28O3/c1-3-16-32-30(14-1)45(39-22-12-26-44-47(39)37-18-6-9-24-42(37)51-44)31-15-2-4-17-33(31)46(32)40-28-27-36(50-48(40)38-19-7-10-25-43(38)53-50)35-21-11-20-34-29-13-5-8-23-41(29)52-49(34)35/h1-28H. The Morgan fingerprint density at radius 2 is 0.623 bits per heavy atom. The van der Waals surface area contributed by atoms with Crippen LogP contribution in [0.5, 0.6) is 0 Å². The number of para-hydroxylation sites is 4. The molecule has 0 radical (unpaired) electrons. The van der Waals surface area contributed by atoms with Gasteiger partial charge in [0.2, 0.25) is 0 Å². The normalized spacial score (nSPS) is 12.2. The van der Waals surface area contributed by atoms with E-state index in [1.807, 2.05) is 24.3 Å². The molecule has 0 saturated heterocycles. The number of rotatable bonds is 3. The molecular formula is C50H28O3. The van der Waals surface area contributed by atoms with E-state index >= 15 is 0 Å². The highest BCUT2D eigenvalue weighted by Gasteiger charge is 2.24. The molecule has 3 heteroatoms. The molecule has 12 aromatic rings. The highest BCUT2D eigenvalue weighted by atomic mass is 16.3. The summed E-state index contributed by atoms with van der Waals surface area (Å²) in [4.78, 5) is 0. The van der Waals surface area contributed by atoms with Crippen LogP contribution in [0.1, 0.15) is 0 Å². The first-order valence-electron chi connectivity index (χ1n) is 18.0. The minimum absolute atomic E-state index is 0.850. The van der Waals surface area contributed by atoms with E-state index in [2.05, 4.69) is 146 Å². The van der Waals surface area contributed by atoms with E-state index < -0.39 is 0 Å². The van der Waals surface area contributed by atoms with E-state index in [4.69, 9.17) is 13.3 Å². The average Bonchev–Trinajstić information content (AvgIpc) is 3.92. The molecule has 0 atom stereocenters. The van der Waals surface area contributed by atoms with Crippen LogP contribution in [0, 0.1) is 0 Å². The molecule has 0 spiro atoms. The van der Waals surface area contributed by atoms with Crippen molar-refractivity contribution in [3.63, 3.8) is 0 Å². The number of hydrogen-bond donors (Lipinski definition) is 0. The first-order chi connectivity index (χ1) is 26.3. The van der Waals surface area contributed by atoms with E-state index in [0.717, 1.165) is 82.5 Å². The molecule has 0 saturated carbocycles. The Hall–Kier alpha value is -7.10. The van der Waals surface area contributed by atoms with Crippen molar-refractivity contribution in [1.82, 2.24) is 0 Å². The van der Waals surface area contributed by atoms with E-state index in [1.165, 1.54) is 38.2 Å². The number of benzene rings is 9. The van der Waals surface area contributed by atoms with Crippen LogP contribution in [0.15, 0.2) is 183 Å². The first-order valence-corrected chi connectivity index (χ1v) is 18.0. The predicted molar refractivity (Wildman–Crippen MR) is 220 cm³/mol. The second-order valence-corrected chi connectivity index (χ2v) is 13.9. The lowest BCUT2D eigenvalue weighted by atomic mass is 9.83. The second-order valence-electron chi connectivity index (χ2n) is 13.9. The van der Waals surface area contributed by atoms with E-state index in [1.54, 1.807) is 0 Å². The fraction of sp³-hybridized carbons (Fsp3) is 0. The molecule has 0 aliphatic rings. The largest absolute Gasteiger partial charge is 0.456 e. The zero-order valence-corrected chi connectivity index (χ0v) is 28.4. The fourth-order valence-electron chi connectivity index (χ4n) is 8.90. The minimum Gasteiger partial charge on any atom is -0.456 e. The average molecular weight is 677 g/mol. The number of fused-ring (bicyclic) bond motifs is 11. The Bertz CT molecular complexity index is 3410. The van der Waals surface area contributed by atoms with Gasteiger partial charge in [0.25, 0.3) is 0 Å². The van der Waals surface area contributed by atoms with Gasteiger partial charge in [-0.05, 0) is 74.1 Å². The molecule has 3 aromatic heterocycles. The van der Waals surface area contributed by atoms with Crippen LogP contribution in [0.2, 0.25) is 0 Å². The van der Waals surface area contributed by atoms with Crippen LogP contribution < -0.4 is 0 Å². The lowest BCUT2D eigenvalue weighted by Gasteiger charge is -2.19. The highest BCUT2D eigenvalue weighted by Crippen LogP contribution is 2.50. The van der Waals surface area contributed by atoms with Crippen molar-refractivity contribution >= 4 is 87.4 Å². The van der Waals surface area contributed by atoms with Gasteiger partial charge in [-0.2, -0.15) is 0 Å². The van der Waals surface area contributed by atoms with Gasteiger partial charge in [-0.15, -0.1) is 0 Å². The number of furan rings is 3. The van der Waals surface area contributed by atoms with Gasteiger partial charge in [-0.1, -0.05) is 140 Å². The Morgan fingerprint density at radius 3 is 1.28 bits per heavy atom. The molecule has 9 aromatic carbocycles. The maximum absolute atomic E-state index is 6.87. The van der Waals surface area contributed by atoms with Gasteiger partial charge in [0.05, 0.1) is 0 Å².